The minimum Gasteiger partial charge on any atom is -0.322 e. The molecule has 0 bridgehead atoms. The van der Waals surface area contributed by atoms with Crippen molar-refractivity contribution in [1.82, 2.24) is 9.97 Å². The maximum Gasteiger partial charge on any atom is 0.256 e. The SMILES string of the molecule is Cc1ccccc1NC(=O)c1ccccc1-c1ccncn1. The van der Waals surface area contributed by atoms with E-state index in [-0.39, 0.29) is 5.91 Å². The smallest absolute Gasteiger partial charge is 0.256 e. The molecule has 4 nitrogen and oxygen atoms in total. The molecule has 0 fully saturated rings. The third-order valence-corrected chi connectivity index (χ3v) is 3.42. The summed E-state index contributed by atoms with van der Waals surface area (Å²) in [6.45, 7) is 1.96. The summed E-state index contributed by atoms with van der Waals surface area (Å²) >= 11 is 0. The van der Waals surface area contributed by atoms with Crippen LogP contribution in [-0.4, -0.2) is 15.9 Å². The lowest BCUT2D eigenvalue weighted by Gasteiger charge is -2.11. The van der Waals surface area contributed by atoms with Gasteiger partial charge in [0.1, 0.15) is 6.33 Å². The van der Waals surface area contributed by atoms with Gasteiger partial charge in [-0.1, -0.05) is 36.4 Å². The Labute approximate surface area is 128 Å². The van der Waals surface area contributed by atoms with Crippen LogP contribution in [0, 0.1) is 6.92 Å². The minimum absolute atomic E-state index is 0.150. The summed E-state index contributed by atoms with van der Waals surface area (Å²) in [7, 11) is 0. The number of para-hydroxylation sites is 1. The van der Waals surface area contributed by atoms with Gasteiger partial charge in [-0.25, -0.2) is 9.97 Å². The first-order chi connectivity index (χ1) is 10.8. The summed E-state index contributed by atoms with van der Waals surface area (Å²) in [5.41, 5.74) is 3.94. The van der Waals surface area contributed by atoms with Crippen LogP contribution in [0.1, 0.15) is 15.9 Å². The number of rotatable bonds is 3. The van der Waals surface area contributed by atoms with E-state index in [1.165, 1.54) is 6.33 Å². The molecule has 0 aliphatic heterocycles. The average molecular weight is 289 g/mol. The molecule has 3 aromatic rings. The Hall–Kier alpha value is -3.01. The molecule has 4 heteroatoms. The standard InChI is InChI=1S/C18H15N3O/c1-13-6-2-5-9-16(13)21-18(22)15-8-4-3-7-14(15)17-10-11-19-12-20-17/h2-12H,1H3,(H,21,22). The highest BCUT2D eigenvalue weighted by Gasteiger charge is 2.13. The van der Waals surface area contributed by atoms with Gasteiger partial charge in [-0.05, 0) is 30.7 Å². The number of carbonyl (C=O) groups excluding carboxylic acids is 1. The fraction of sp³-hybridized carbons (Fsp3) is 0.0556. The van der Waals surface area contributed by atoms with Crippen LogP contribution < -0.4 is 5.32 Å². The van der Waals surface area contributed by atoms with Crippen LogP contribution in [0.25, 0.3) is 11.3 Å². The molecule has 3 rings (SSSR count). The Morgan fingerprint density at radius 3 is 2.55 bits per heavy atom. The number of nitrogens with one attached hydrogen (secondary N) is 1. The molecule has 1 N–H and O–H groups in total. The molecule has 1 aromatic heterocycles. The zero-order chi connectivity index (χ0) is 15.4. The van der Waals surface area contributed by atoms with Crippen molar-refractivity contribution in [3.63, 3.8) is 0 Å². The van der Waals surface area contributed by atoms with Crippen LogP contribution in [0.5, 0.6) is 0 Å². The van der Waals surface area contributed by atoms with E-state index >= 15 is 0 Å². The third kappa shape index (κ3) is 2.86. The first-order valence-electron chi connectivity index (χ1n) is 6.98. The van der Waals surface area contributed by atoms with E-state index in [2.05, 4.69) is 15.3 Å². The molecule has 22 heavy (non-hydrogen) atoms. The van der Waals surface area contributed by atoms with Gasteiger partial charge < -0.3 is 5.32 Å². The molecular formula is C18H15N3O. The lowest BCUT2D eigenvalue weighted by Crippen LogP contribution is -2.14. The minimum atomic E-state index is -0.150. The fourth-order valence-electron chi connectivity index (χ4n) is 2.26. The van der Waals surface area contributed by atoms with Crippen molar-refractivity contribution >= 4 is 11.6 Å². The number of benzene rings is 2. The van der Waals surface area contributed by atoms with Gasteiger partial charge in [0.05, 0.1) is 5.69 Å². The predicted octanol–water partition coefficient (Wildman–Crippen LogP) is 3.70. The first-order valence-corrected chi connectivity index (χ1v) is 6.98. The summed E-state index contributed by atoms with van der Waals surface area (Å²) in [4.78, 5) is 20.7. The summed E-state index contributed by atoms with van der Waals surface area (Å²) < 4.78 is 0. The number of aryl methyl sites for hydroxylation is 1. The molecule has 0 radical (unpaired) electrons. The quantitative estimate of drug-likeness (QED) is 0.799. The second-order valence-corrected chi connectivity index (χ2v) is 4.91. The van der Waals surface area contributed by atoms with Gasteiger partial charge in [-0.3, -0.25) is 4.79 Å². The Morgan fingerprint density at radius 2 is 1.77 bits per heavy atom. The number of hydrogen-bond acceptors (Lipinski definition) is 3. The molecule has 108 valence electrons. The second-order valence-electron chi connectivity index (χ2n) is 4.91. The van der Waals surface area contributed by atoms with Crippen LogP contribution >= 0.6 is 0 Å². The Balaban J connectivity index is 1.96. The molecule has 0 aliphatic carbocycles. The molecule has 1 heterocycles. The zero-order valence-corrected chi connectivity index (χ0v) is 12.2. The highest BCUT2D eigenvalue weighted by Crippen LogP contribution is 2.23. The van der Waals surface area contributed by atoms with Crippen LogP contribution in [0.15, 0.2) is 67.1 Å². The van der Waals surface area contributed by atoms with Crippen LogP contribution in [0.3, 0.4) is 0 Å². The van der Waals surface area contributed by atoms with Gasteiger partial charge in [0, 0.05) is 23.0 Å². The van der Waals surface area contributed by atoms with Crippen LogP contribution in [0.2, 0.25) is 0 Å². The van der Waals surface area contributed by atoms with Crippen molar-refractivity contribution in [1.29, 1.82) is 0 Å². The Bertz CT molecular complexity index is 800. The van der Waals surface area contributed by atoms with Crippen molar-refractivity contribution < 1.29 is 4.79 Å². The average Bonchev–Trinajstić information content (AvgIpc) is 2.58. The van der Waals surface area contributed by atoms with Gasteiger partial charge in [-0.2, -0.15) is 0 Å². The van der Waals surface area contributed by atoms with E-state index in [0.29, 0.717) is 5.56 Å². The Morgan fingerprint density at radius 1 is 1.00 bits per heavy atom. The van der Waals surface area contributed by atoms with E-state index in [1.54, 1.807) is 18.3 Å². The third-order valence-electron chi connectivity index (χ3n) is 3.42. The number of hydrogen-bond donors (Lipinski definition) is 1. The molecular weight excluding hydrogens is 274 g/mol. The maximum absolute atomic E-state index is 12.6. The molecule has 0 spiro atoms. The second kappa shape index (κ2) is 6.18. The highest BCUT2D eigenvalue weighted by atomic mass is 16.1. The van der Waals surface area contributed by atoms with Crippen molar-refractivity contribution in [3.05, 3.63) is 78.2 Å². The number of aromatic nitrogens is 2. The summed E-state index contributed by atoms with van der Waals surface area (Å²) in [6.07, 6.45) is 3.14. The summed E-state index contributed by atoms with van der Waals surface area (Å²) in [5.74, 6) is -0.150. The van der Waals surface area contributed by atoms with Crippen molar-refractivity contribution in [2.45, 2.75) is 6.92 Å². The van der Waals surface area contributed by atoms with Crippen LogP contribution in [0.4, 0.5) is 5.69 Å². The van der Waals surface area contributed by atoms with E-state index in [4.69, 9.17) is 0 Å². The molecule has 2 aromatic carbocycles. The summed E-state index contributed by atoms with van der Waals surface area (Å²) in [5, 5.41) is 2.95. The van der Waals surface area contributed by atoms with Gasteiger partial charge in [0.2, 0.25) is 0 Å². The lowest BCUT2D eigenvalue weighted by atomic mass is 10.0. The number of amides is 1. The van der Waals surface area contributed by atoms with Gasteiger partial charge in [0.15, 0.2) is 0 Å². The molecule has 0 saturated carbocycles. The topological polar surface area (TPSA) is 54.9 Å². The van der Waals surface area contributed by atoms with Gasteiger partial charge in [0.25, 0.3) is 5.91 Å². The molecule has 0 unspecified atom stereocenters. The van der Waals surface area contributed by atoms with Crippen molar-refractivity contribution in [3.8, 4) is 11.3 Å². The van der Waals surface area contributed by atoms with E-state index < -0.39 is 0 Å². The Kier molecular flexibility index (Phi) is 3.92. The largest absolute Gasteiger partial charge is 0.322 e. The zero-order valence-electron chi connectivity index (χ0n) is 12.2. The van der Waals surface area contributed by atoms with Crippen molar-refractivity contribution in [2.75, 3.05) is 5.32 Å². The van der Waals surface area contributed by atoms with E-state index in [9.17, 15) is 4.79 Å². The highest BCUT2D eigenvalue weighted by molar-refractivity contribution is 6.08. The molecule has 0 saturated heterocycles. The van der Waals surface area contributed by atoms with E-state index in [1.807, 2.05) is 49.4 Å². The van der Waals surface area contributed by atoms with Crippen LogP contribution in [-0.2, 0) is 0 Å². The monoisotopic (exact) mass is 289 g/mol. The summed E-state index contributed by atoms with van der Waals surface area (Å²) in [6, 6.07) is 16.9. The van der Waals surface area contributed by atoms with Crippen molar-refractivity contribution in [2.24, 2.45) is 0 Å². The molecule has 0 aliphatic rings. The van der Waals surface area contributed by atoms with Gasteiger partial charge in [-0.15, -0.1) is 0 Å². The fourth-order valence-corrected chi connectivity index (χ4v) is 2.26. The lowest BCUT2D eigenvalue weighted by molar-refractivity contribution is 0.102. The number of anilines is 1. The molecule has 0 atom stereocenters. The maximum atomic E-state index is 12.6. The number of nitrogens with zero attached hydrogens (tertiary/aromatic N) is 2. The predicted molar refractivity (Wildman–Crippen MR) is 86.6 cm³/mol. The number of carbonyl (C=O) groups is 1. The first kappa shape index (κ1) is 13.9. The normalized spacial score (nSPS) is 10.2. The molecule has 1 amide bonds. The van der Waals surface area contributed by atoms with Gasteiger partial charge >= 0.3 is 0 Å². The van der Waals surface area contributed by atoms with E-state index in [0.717, 1.165) is 22.5 Å².